The molecular weight excluding hydrogens is 483 g/mol. The predicted molar refractivity (Wildman–Crippen MR) is 133 cm³/mol. The number of sulfone groups is 1. The molecule has 36 heavy (non-hydrogen) atoms. The van der Waals surface area contributed by atoms with Crippen LogP contribution in [-0.2, 0) is 14.6 Å². The maximum Gasteiger partial charge on any atom is 0.320 e. The minimum atomic E-state index is -3.29. The summed E-state index contributed by atoms with van der Waals surface area (Å²) in [5.41, 5.74) is 2.49. The number of hydrogen-bond donors (Lipinski definition) is 0. The molecule has 0 saturated carbocycles. The van der Waals surface area contributed by atoms with Gasteiger partial charge < -0.3 is 19.1 Å². The van der Waals surface area contributed by atoms with Crippen molar-refractivity contribution in [3.05, 3.63) is 78.1 Å². The van der Waals surface area contributed by atoms with Crippen LogP contribution in [0.15, 0.2) is 66.0 Å². The average Bonchev–Trinajstić information content (AvgIpc) is 3.39. The molecule has 3 heterocycles. The molecule has 2 fully saturated rings. The van der Waals surface area contributed by atoms with E-state index < -0.39 is 9.84 Å². The zero-order chi connectivity index (χ0) is 25.3. The topological polar surface area (TPSA) is 84.7 Å². The van der Waals surface area contributed by atoms with Crippen LogP contribution in [0.2, 0.25) is 0 Å². The van der Waals surface area contributed by atoms with Crippen LogP contribution in [0, 0.1) is 5.82 Å². The standard InChI is InChI=1S/C26H29FN4O4S/c1-36(33,34)24-7-5-19(6-8-24)20-13-21(16-30(15-20)26(32)29-9-11-35-12-10-29)25-17-31(18-28-25)23-4-2-3-22(27)14-23/h2-8,14,17-18,20-21H,9-13,15-16H2,1H3. The molecule has 2 aliphatic heterocycles. The molecule has 0 spiro atoms. The number of rotatable bonds is 4. The van der Waals surface area contributed by atoms with Gasteiger partial charge in [0.15, 0.2) is 9.84 Å². The number of halogens is 1. The van der Waals surface area contributed by atoms with Crippen LogP contribution < -0.4 is 0 Å². The molecule has 2 unspecified atom stereocenters. The molecule has 3 aromatic rings. The Morgan fingerprint density at radius 1 is 1.03 bits per heavy atom. The van der Waals surface area contributed by atoms with E-state index in [0.717, 1.165) is 17.7 Å². The fourth-order valence-electron chi connectivity index (χ4n) is 4.98. The summed E-state index contributed by atoms with van der Waals surface area (Å²) >= 11 is 0. The molecule has 1 aromatic heterocycles. The van der Waals surface area contributed by atoms with Crippen molar-refractivity contribution in [1.29, 1.82) is 0 Å². The fraction of sp³-hybridized carbons (Fsp3) is 0.385. The van der Waals surface area contributed by atoms with E-state index in [4.69, 9.17) is 4.74 Å². The Hall–Kier alpha value is -3.24. The van der Waals surface area contributed by atoms with Gasteiger partial charge in [-0.1, -0.05) is 18.2 Å². The third kappa shape index (κ3) is 5.29. The van der Waals surface area contributed by atoms with E-state index >= 15 is 0 Å². The molecule has 2 aromatic carbocycles. The molecule has 8 nitrogen and oxygen atoms in total. The molecule has 190 valence electrons. The molecule has 0 bridgehead atoms. The normalized spacial score (nSPS) is 20.9. The van der Waals surface area contributed by atoms with Gasteiger partial charge in [0.25, 0.3) is 0 Å². The number of carbonyl (C=O) groups is 1. The lowest BCUT2D eigenvalue weighted by Gasteiger charge is -2.40. The van der Waals surface area contributed by atoms with Crippen molar-refractivity contribution in [3.63, 3.8) is 0 Å². The van der Waals surface area contributed by atoms with Crippen LogP contribution >= 0.6 is 0 Å². The summed E-state index contributed by atoms with van der Waals surface area (Å²) in [5.74, 6) is -0.333. The highest BCUT2D eigenvalue weighted by molar-refractivity contribution is 7.90. The summed E-state index contributed by atoms with van der Waals surface area (Å²) in [7, 11) is -3.29. The van der Waals surface area contributed by atoms with E-state index in [-0.39, 0.29) is 28.6 Å². The molecule has 2 aliphatic rings. The molecule has 10 heteroatoms. The maximum atomic E-state index is 13.7. The molecule has 0 N–H and O–H groups in total. The number of morpholine rings is 1. The van der Waals surface area contributed by atoms with Gasteiger partial charge in [-0.05, 0) is 42.3 Å². The van der Waals surface area contributed by atoms with Gasteiger partial charge in [0.1, 0.15) is 5.82 Å². The Balaban J connectivity index is 1.43. The second kappa shape index (κ2) is 10.0. The first kappa shape index (κ1) is 24.5. The number of piperidine rings is 1. The highest BCUT2D eigenvalue weighted by atomic mass is 32.2. The van der Waals surface area contributed by atoms with Crippen molar-refractivity contribution < 1.29 is 22.3 Å². The largest absolute Gasteiger partial charge is 0.378 e. The minimum absolute atomic E-state index is 0.0154. The summed E-state index contributed by atoms with van der Waals surface area (Å²) in [4.78, 5) is 22.0. The van der Waals surface area contributed by atoms with E-state index in [9.17, 15) is 17.6 Å². The zero-order valence-corrected chi connectivity index (χ0v) is 20.9. The van der Waals surface area contributed by atoms with Gasteiger partial charge in [-0.25, -0.2) is 22.6 Å². The lowest BCUT2D eigenvalue weighted by atomic mass is 9.83. The van der Waals surface area contributed by atoms with Crippen LogP contribution in [0.1, 0.15) is 29.5 Å². The average molecular weight is 513 g/mol. The number of urea groups is 1. The van der Waals surface area contributed by atoms with Gasteiger partial charge in [0, 0.05) is 56.2 Å². The third-order valence-electron chi connectivity index (χ3n) is 6.91. The first-order chi connectivity index (χ1) is 17.3. The minimum Gasteiger partial charge on any atom is -0.378 e. The first-order valence-electron chi connectivity index (χ1n) is 12.0. The highest BCUT2D eigenvalue weighted by Gasteiger charge is 2.35. The van der Waals surface area contributed by atoms with Crippen molar-refractivity contribution in [1.82, 2.24) is 19.4 Å². The Morgan fingerprint density at radius 2 is 1.75 bits per heavy atom. The lowest BCUT2D eigenvalue weighted by molar-refractivity contribution is 0.0398. The summed E-state index contributed by atoms with van der Waals surface area (Å²) < 4.78 is 44.8. The van der Waals surface area contributed by atoms with Crippen molar-refractivity contribution in [3.8, 4) is 5.69 Å². The van der Waals surface area contributed by atoms with E-state index in [0.29, 0.717) is 45.1 Å². The number of likely N-dealkylation sites (tertiary alicyclic amines) is 1. The van der Waals surface area contributed by atoms with Crippen LogP contribution in [-0.4, -0.2) is 79.4 Å². The van der Waals surface area contributed by atoms with Gasteiger partial charge in [-0.15, -0.1) is 0 Å². The SMILES string of the molecule is CS(=O)(=O)c1ccc(C2CC(c3cn(-c4cccc(F)c4)cn3)CN(C(=O)N3CCOCC3)C2)cc1. The van der Waals surface area contributed by atoms with Crippen LogP contribution in [0.4, 0.5) is 9.18 Å². The van der Waals surface area contributed by atoms with Gasteiger partial charge in [-0.2, -0.15) is 0 Å². The quantitative estimate of drug-likeness (QED) is 0.535. The van der Waals surface area contributed by atoms with Crippen molar-refractivity contribution >= 4 is 15.9 Å². The van der Waals surface area contributed by atoms with Crippen molar-refractivity contribution in [2.24, 2.45) is 0 Å². The number of ether oxygens (including phenoxy) is 1. The van der Waals surface area contributed by atoms with E-state index in [2.05, 4.69) is 4.98 Å². The first-order valence-corrected chi connectivity index (χ1v) is 13.9. The van der Waals surface area contributed by atoms with E-state index in [1.165, 1.54) is 18.4 Å². The molecule has 2 atom stereocenters. The number of amides is 2. The number of imidazole rings is 1. The highest BCUT2D eigenvalue weighted by Crippen LogP contribution is 2.36. The van der Waals surface area contributed by atoms with Gasteiger partial charge >= 0.3 is 6.03 Å². The smallest absolute Gasteiger partial charge is 0.320 e. The van der Waals surface area contributed by atoms with E-state index in [1.807, 2.05) is 34.2 Å². The van der Waals surface area contributed by atoms with Crippen LogP contribution in [0.3, 0.4) is 0 Å². The third-order valence-corrected chi connectivity index (χ3v) is 8.04. The Kier molecular flexibility index (Phi) is 6.81. The maximum absolute atomic E-state index is 13.7. The Bertz CT molecular complexity index is 1340. The molecule has 5 rings (SSSR count). The van der Waals surface area contributed by atoms with Gasteiger partial charge in [0.05, 0.1) is 30.1 Å². The van der Waals surface area contributed by atoms with Crippen molar-refractivity contribution in [2.75, 3.05) is 45.6 Å². The number of nitrogens with zero attached hydrogens (tertiary/aromatic N) is 4. The Labute approximate surface area is 210 Å². The number of benzene rings is 2. The van der Waals surface area contributed by atoms with E-state index in [1.54, 1.807) is 29.1 Å². The molecule has 0 aliphatic carbocycles. The summed E-state index contributed by atoms with van der Waals surface area (Å²) in [6, 6.07) is 13.2. The molecule has 2 saturated heterocycles. The lowest BCUT2D eigenvalue weighted by Crippen LogP contribution is -2.52. The Morgan fingerprint density at radius 3 is 2.44 bits per heavy atom. The van der Waals surface area contributed by atoms with Gasteiger partial charge in [-0.3, -0.25) is 0 Å². The monoisotopic (exact) mass is 512 g/mol. The summed E-state index contributed by atoms with van der Waals surface area (Å²) in [6.07, 6.45) is 5.51. The van der Waals surface area contributed by atoms with Crippen LogP contribution in [0.25, 0.3) is 5.69 Å². The van der Waals surface area contributed by atoms with Gasteiger partial charge in [0.2, 0.25) is 0 Å². The predicted octanol–water partition coefficient (Wildman–Crippen LogP) is 3.44. The molecule has 2 amide bonds. The molecule has 0 radical (unpaired) electrons. The van der Waals surface area contributed by atoms with Crippen LogP contribution in [0.5, 0.6) is 0 Å². The summed E-state index contributed by atoms with van der Waals surface area (Å²) in [5, 5.41) is 0. The van der Waals surface area contributed by atoms with Crippen molar-refractivity contribution in [2.45, 2.75) is 23.2 Å². The fourth-order valence-corrected chi connectivity index (χ4v) is 5.61. The second-order valence-corrected chi connectivity index (χ2v) is 11.5. The zero-order valence-electron chi connectivity index (χ0n) is 20.1. The number of carbonyl (C=O) groups excluding carboxylic acids is 1. The summed E-state index contributed by atoms with van der Waals surface area (Å²) in [6.45, 7) is 3.22. The number of hydrogen-bond acceptors (Lipinski definition) is 5. The second-order valence-electron chi connectivity index (χ2n) is 9.44. The number of aromatic nitrogens is 2. The molecular formula is C26H29FN4O4S.